The Hall–Kier alpha value is -2.71. The van der Waals surface area contributed by atoms with Crippen LogP contribution in [0.4, 0.5) is 18.0 Å². The van der Waals surface area contributed by atoms with Crippen LogP contribution in [0.25, 0.3) is 5.70 Å². The van der Waals surface area contributed by atoms with Crippen molar-refractivity contribution in [2.24, 2.45) is 0 Å². The first-order valence-electron chi connectivity index (χ1n) is 8.91. The van der Waals surface area contributed by atoms with Gasteiger partial charge in [-0.25, -0.2) is 4.79 Å². The number of alkyl halides is 3. The van der Waals surface area contributed by atoms with Gasteiger partial charge < -0.3 is 20.3 Å². The molecular formula is C19H22F3N3O3. The second-order valence-electron chi connectivity index (χ2n) is 7.30. The number of halogens is 3. The van der Waals surface area contributed by atoms with E-state index >= 15 is 0 Å². The number of nitrogens with zero attached hydrogens (tertiary/aromatic N) is 1. The number of urea groups is 1. The Kier molecular flexibility index (Phi) is 4.81. The maximum absolute atomic E-state index is 13.5. The fourth-order valence-corrected chi connectivity index (χ4v) is 3.65. The molecule has 9 heteroatoms. The van der Waals surface area contributed by atoms with Gasteiger partial charge in [-0.2, -0.15) is 13.2 Å². The van der Waals surface area contributed by atoms with Gasteiger partial charge in [-0.1, -0.05) is 0 Å². The molecule has 2 aliphatic heterocycles. The standard InChI is InChI=1S/C19H22F3N3O3/c1-10-11(19(20,21)22)7-8-12-14(10)15(25-9-5-6-13(25)26)16(18(2,3)28-12)24-17(27)23-4/h7-8H,5-6,9H2,1-4H3,(H2,23,24,27). The van der Waals surface area contributed by atoms with Crippen LogP contribution >= 0.6 is 0 Å². The monoisotopic (exact) mass is 397 g/mol. The Morgan fingerprint density at radius 2 is 1.96 bits per heavy atom. The maximum atomic E-state index is 13.5. The van der Waals surface area contributed by atoms with Crippen molar-refractivity contribution in [1.29, 1.82) is 0 Å². The molecule has 3 rings (SSSR count). The lowest BCUT2D eigenvalue weighted by molar-refractivity contribution is -0.138. The third kappa shape index (κ3) is 3.29. The first-order valence-corrected chi connectivity index (χ1v) is 8.91. The molecule has 1 fully saturated rings. The molecule has 2 N–H and O–H groups in total. The minimum atomic E-state index is -4.55. The molecule has 1 aromatic rings. The van der Waals surface area contributed by atoms with Crippen LogP contribution in [0, 0.1) is 6.92 Å². The number of ether oxygens (including phenoxy) is 1. The Bertz CT molecular complexity index is 875. The second-order valence-corrected chi connectivity index (χ2v) is 7.30. The largest absolute Gasteiger partial charge is 0.481 e. The van der Waals surface area contributed by atoms with E-state index in [1.165, 1.54) is 24.9 Å². The number of carbonyl (C=O) groups excluding carboxylic acids is 2. The highest BCUT2D eigenvalue weighted by molar-refractivity contribution is 5.93. The highest BCUT2D eigenvalue weighted by Crippen LogP contribution is 2.47. The Morgan fingerprint density at radius 1 is 1.29 bits per heavy atom. The highest BCUT2D eigenvalue weighted by atomic mass is 19.4. The number of carbonyl (C=O) groups is 2. The Labute approximate surface area is 160 Å². The minimum Gasteiger partial charge on any atom is -0.481 e. The van der Waals surface area contributed by atoms with Crippen molar-refractivity contribution in [3.05, 3.63) is 34.5 Å². The normalized spacial score (nSPS) is 18.7. The SMILES string of the molecule is CNC(=O)NC1=C(N2CCCC2=O)c2c(ccc(C(F)(F)F)c2C)OC1(C)C. The van der Waals surface area contributed by atoms with Crippen molar-refractivity contribution in [2.75, 3.05) is 13.6 Å². The fourth-order valence-electron chi connectivity index (χ4n) is 3.65. The summed E-state index contributed by atoms with van der Waals surface area (Å²) in [5, 5.41) is 5.09. The zero-order chi connectivity index (χ0) is 20.9. The first kappa shape index (κ1) is 20.0. The fraction of sp³-hybridized carbons (Fsp3) is 0.474. The maximum Gasteiger partial charge on any atom is 0.416 e. The van der Waals surface area contributed by atoms with Crippen LogP contribution in [0.15, 0.2) is 17.8 Å². The number of benzene rings is 1. The van der Waals surface area contributed by atoms with Crippen molar-refractivity contribution >= 4 is 17.6 Å². The molecule has 0 bridgehead atoms. The molecule has 0 atom stereocenters. The molecule has 6 nitrogen and oxygen atoms in total. The van der Waals surface area contributed by atoms with Crippen molar-refractivity contribution in [2.45, 2.75) is 45.4 Å². The zero-order valence-electron chi connectivity index (χ0n) is 16.1. The molecule has 0 unspecified atom stereocenters. The topological polar surface area (TPSA) is 70.7 Å². The van der Waals surface area contributed by atoms with Gasteiger partial charge in [-0.05, 0) is 44.9 Å². The molecular weight excluding hydrogens is 375 g/mol. The Balaban J connectivity index is 2.33. The van der Waals surface area contributed by atoms with E-state index < -0.39 is 23.4 Å². The predicted octanol–water partition coefficient (Wildman–Crippen LogP) is 3.40. The summed E-state index contributed by atoms with van der Waals surface area (Å²) in [4.78, 5) is 26.0. The zero-order valence-corrected chi connectivity index (χ0v) is 16.1. The van der Waals surface area contributed by atoms with Gasteiger partial charge in [0.2, 0.25) is 5.91 Å². The molecule has 1 saturated heterocycles. The summed E-state index contributed by atoms with van der Waals surface area (Å²) in [6, 6.07) is 1.69. The van der Waals surface area contributed by atoms with Crippen molar-refractivity contribution in [1.82, 2.24) is 15.5 Å². The molecule has 2 heterocycles. The van der Waals surface area contributed by atoms with E-state index in [1.807, 2.05) is 0 Å². The van der Waals surface area contributed by atoms with E-state index in [1.54, 1.807) is 13.8 Å². The molecule has 0 saturated carbocycles. The van der Waals surface area contributed by atoms with Gasteiger partial charge in [0.05, 0.1) is 17.0 Å². The molecule has 28 heavy (non-hydrogen) atoms. The smallest absolute Gasteiger partial charge is 0.416 e. The summed E-state index contributed by atoms with van der Waals surface area (Å²) in [5.74, 6) is 0.0410. The van der Waals surface area contributed by atoms with E-state index in [-0.39, 0.29) is 34.2 Å². The van der Waals surface area contributed by atoms with Crippen molar-refractivity contribution < 1.29 is 27.5 Å². The first-order chi connectivity index (χ1) is 13.0. The number of likely N-dealkylation sites (tertiary alicyclic amines) is 1. The van der Waals surface area contributed by atoms with Gasteiger partial charge in [-0.3, -0.25) is 4.79 Å². The molecule has 0 radical (unpaired) electrons. The lowest BCUT2D eigenvalue weighted by Gasteiger charge is -2.40. The van der Waals surface area contributed by atoms with E-state index in [9.17, 15) is 22.8 Å². The minimum absolute atomic E-state index is 0.0496. The van der Waals surface area contributed by atoms with Gasteiger partial charge in [0.25, 0.3) is 0 Å². The average Bonchev–Trinajstić information content (AvgIpc) is 3.00. The summed E-state index contributed by atoms with van der Waals surface area (Å²) in [5.41, 5.74) is -1.23. The van der Waals surface area contributed by atoms with Crippen molar-refractivity contribution in [3.8, 4) is 5.75 Å². The number of hydrogen-bond donors (Lipinski definition) is 2. The lowest BCUT2D eigenvalue weighted by Crippen LogP contribution is -2.48. The average molecular weight is 397 g/mol. The molecule has 0 spiro atoms. The van der Waals surface area contributed by atoms with E-state index in [4.69, 9.17) is 4.74 Å². The summed E-state index contributed by atoms with van der Waals surface area (Å²) in [6.07, 6.45) is -3.67. The number of fused-ring (bicyclic) bond motifs is 1. The summed E-state index contributed by atoms with van der Waals surface area (Å²) >= 11 is 0. The van der Waals surface area contributed by atoms with E-state index in [0.29, 0.717) is 19.4 Å². The molecule has 152 valence electrons. The number of amides is 3. The van der Waals surface area contributed by atoms with E-state index in [0.717, 1.165) is 6.07 Å². The molecule has 0 aromatic heterocycles. The molecule has 1 aromatic carbocycles. The van der Waals surface area contributed by atoms with Gasteiger partial charge >= 0.3 is 12.2 Å². The van der Waals surface area contributed by atoms with Crippen LogP contribution in [0.5, 0.6) is 5.75 Å². The molecule has 2 aliphatic rings. The molecule has 0 aliphatic carbocycles. The van der Waals surface area contributed by atoms with Crippen LogP contribution in [-0.4, -0.2) is 36.0 Å². The third-order valence-electron chi connectivity index (χ3n) is 4.98. The van der Waals surface area contributed by atoms with Gasteiger partial charge in [0.15, 0.2) is 0 Å². The van der Waals surface area contributed by atoms with Crippen LogP contribution < -0.4 is 15.4 Å². The summed E-state index contributed by atoms with van der Waals surface area (Å²) in [7, 11) is 1.42. The number of rotatable bonds is 2. The van der Waals surface area contributed by atoms with Crippen LogP contribution in [-0.2, 0) is 11.0 Å². The van der Waals surface area contributed by atoms with Gasteiger partial charge in [0.1, 0.15) is 11.4 Å². The van der Waals surface area contributed by atoms with Crippen LogP contribution in [0.2, 0.25) is 0 Å². The second kappa shape index (κ2) is 6.72. The predicted molar refractivity (Wildman–Crippen MR) is 96.3 cm³/mol. The van der Waals surface area contributed by atoms with Crippen LogP contribution in [0.3, 0.4) is 0 Å². The summed E-state index contributed by atoms with van der Waals surface area (Å²) in [6.45, 7) is 5.09. The third-order valence-corrected chi connectivity index (χ3v) is 4.98. The van der Waals surface area contributed by atoms with Gasteiger partial charge in [0, 0.05) is 25.6 Å². The number of nitrogens with one attached hydrogen (secondary N) is 2. The number of hydrogen-bond acceptors (Lipinski definition) is 3. The van der Waals surface area contributed by atoms with Crippen molar-refractivity contribution in [3.63, 3.8) is 0 Å². The van der Waals surface area contributed by atoms with Gasteiger partial charge in [-0.15, -0.1) is 0 Å². The quantitative estimate of drug-likeness (QED) is 0.804. The van der Waals surface area contributed by atoms with Crippen LogP contribution in [0.1, 0.15) is 43.4 Å². The van der Waals surface area contributed by atoms with E-state index in [2.05, 4.69) is 10.6 Å². The molecule has 3 amide bonds. The summed E-state index contributed by atoms with van der Waals surface area (Å²) < 4.78 is 46.4. The Morgan fingerprint density at radius 3 is 2.50 bits per heavy atom. The lowest BCUT2D eigenvalue weighted by atomic mass is 9.89. The highest BCUT2D eigenvalue weighted by Gasteiger charge is 2.43.